The van der Waals surface area contributed by atoms with Crippen LogP contribution >= 0.6 is 0 Å². The molecule has 0 fully saturated rings. The zero-order chi connectivity index (χ0) is 30.2. The first-order valence-corrected chi connectivity index (χ1v) is 15.3. The van der Waals surface area contributed by atoms with Crippen molar-refractivity contribution in [3.8, 4) is 5.75 Å². The summed E-state index contributed by atoms with van der Waals surface area (Å²) in [7, 11) is -2.53. The van der Waals surface area contributed by atoms with E-state index in [1.807, 2.05) is 52.8 Å². The molecule has 220 valence electrons. The van der Waals surface area contributed by atoms with Gasteiger partial charge in [-0.05, 0) is 86.7 Å². The van der Waals surface area contributed by atoms with Crippen LogP contribution in [-0.4, -0.2) is 50.9 Å². The molecule has 8 nitrogen and oxygen atoms in total. The van der Waals surface area contributed by atoms with E-state index >= 15 is 0 Å². The fraction of sp³-hybridized carbons (Fsp3) is 0.375. The molecule has 0 bridgehead atoms. The number of benzene rings is 3. The van der Waals surface area contributed by atoms with Crippen LogP contribution in [0.15, 0.2) is 77.7 Å². The first-order valence-electron chi connectivity index (χ1n) is 13.9. The van der Waals surface area contributed by atoms with Crippen LogP contribution in [-0.2, 0) is 26.2 Å². The molecule has 0 aliphatic heterocycles. The fourth-order valence-corrected chi connectivity index (χ4v) is 5.84. The van der Waals surface area contributed by atoms with E-state index in [1.165, 1.54) is 17.0 Å². The zero-order valence-electron chi connectivity index (χ0n) is 24.8. The molecule has 0 heterocycles. The monoisotopic (exact) mass is 579 g/mol. The number of ether oxygens (including phenoxy) is 1. The molecule has 0 radical (unpaired) electrons. The topological polar surface area (TPSA) is 96.0 Å². The number of anilines is 1. The molecular weight excluding hydrogens is 538 g/mol. The standard InChI is InChI=1S/C32H41N3O5S/c1-7-25(5)33-32(37)30(8-2)34(21-26-15-18-28(40-6)19-16-26)31(36)22-35(27-17-14-23(3)24(4)20-27)41(38,39)29-12-10-9-11-13-29/h9-20,25,30H,7-8,21-22H2,1-6H3,(H,33,37)/t25-,30+/m0/s1. The molecule has 1 N–H and O–H groups in total. The maximum atomic E-state index is 14.2. The molecule has 0 saturated heterocycles. The van der Waals surface area contributed by atoms with Crippen molar-refractivity contribution in [2.24, 2.45) is 0 Å². The highest BCUT2D eigenvalue weighted by Gasteiger charge is 2.34. The lowest BCUT2D eigenvalue weighted by Gasteiger charge is -2.34. The lowest BCUT2D eigenvalue weighted by atomic mass is 10.1. The van der Waals surface area contributed by atoms with Gasteiger partial charge in [-0.25, -0.2) is 8.42 Å². The third kappa shape index (κ3) is 7.88. The van der Waals surface area contributed by atoms with E-state index in [4.69, 9.17) is 4.74 Å². The third-order valence-corrected chi connectivity index (χ3v) is 9.08. The maximum Gasteiger partial charge on any atom is 0.264 e. The van der Waals surface area contributed by atoms with Gasteiger partial charge in [0, 0.05) is 12.6 Å². The van der Waals surface area contributed by atoms with Gasteiger partial charge < -0.3 is 15.0 Å². The van der Waals surface area contributed by atoms with Gasteiger partial charge in [0.1, 0.15) is 18.3 Å². The molecule has 41 heavy (non-hydrogen) atoms. The highest BCUT2D eigenvalue weighted by atomic mass is 32.2. The van der Waals surface area contributed by atoms with Gasteiger partial charge in [-0.2, -0.15) is 0 Å². The number of hydrogen-bond acceptors (Lipinski definition) is 5. The number of amides is 2. The predicted octanol–water partition coefficient (Wildman–Crippen LogP) is 5.23. The van der Waals surface area contributed by atoms with Gasteiger partial charge in [-0.15, -0.1) is 0 Å². The van der Waals surface area contributed by atoms with Crippen LogP contribution in [0.1, 0.15) is 50.3 Å². The van der Waals surface area contributed by atoms with Gasteiger partial charge in [0.25, 0.3) is 10.0 Å². The number of nitrogens with one attached hydrogen (secondary N) is 1. The van der Waals surface area contributed by atoms with E-state index in [0.29, 0.717) is 17.9 Å². The van der Waals surface area contributed by atoms with Crippen molar-refractivity contribution in [3.05, 3.63) is 89.5 Å². The highest BCUT2D eigenvalue weighted by molar-refractivity contribution is 7.92. The van der Waals surface area contributed by atoms with Gasteiger partial charge in [0.05, 0.1) is 17.7 Å². The zero-order valence-corrected chi connectivity index (χ0v) is 25.6. The first-order chi connectivity index (χ1) is 19.5. The Morgan fingerprint density at radius 2 is 1.56 bits per heavy atom. The first kappa shape index (κ1) is 31.7. The van der Waals surface area contributed by atoms with E-state index in [0.717, 1.165) is 27.4 Å². The SMILES string of the molecule is CC[C@H](C(=O)N[C@@H](C)CC)N(Cc1ccc(OC)cc1)C(=O)CN(c1ccc(C)c(C)c1)S(=O)(=O)c1ccccc1. The molecule has 2 atom stereocenters. The van der Waals surface area contributed by atoms with Crippen LogP contribution in [0.3, 0.4) is 0 Å². The minimum Gasteiger partial charge on any atom is -0.497 e. The summed E-state index contributed by atoms with van der Waals surface area (Å²) in [6, 6.07) is 19.8. The Morgan fingerprint density at radius 1 is 0.902 bits per heavy atom. The predicted molar refractivity (Wildman–Crippen MR) is 162 cm³/mol. The largest absolute Gasteiger partial charge is 0.497 e. The van der Waals surface area contributed by atoms with Gasteiger partial charge in [-0.3, -0.25) is 13.9 Å². The van der Waals surface area contributed by atoms with Crippen molar-refractivity contribution < 1.29 is 22.7 Å². The number of nitrogens with zero attached hydrogens (tertiary/aromatic N) is 2. The average molecular weight is 580 g/mol. The van der Waals surface area contributed by atoms with Crippen LogP contribution in [0.2, 0.25) is 0 Å². The molecule has 0 saturated carbocycles. The van der Waals surface area contributed by atoms with Crippen molar-refractivity contribution in [1.29, 1.82) is 0 Å². The van der Waals surface area contributed by atoms with Crippen molar-refractivity contribution in [3.63, 3.8) is 0 Å². The second kappa shape index (κ2) is 14.2. The molecule has 3 aromatic rings. The number of carbonyl (C=O) groups is 2. The highest BCUT2D eigenvalue weighted by Crippen LogP contribution is 2.27. The number of aryl methyl sites for hydroxylation is 2. The van der Waals surface area contributed by atoms with E-state index in [-0.39, 0.29) is 23.4 Å². The fourth-order valence-electron chi connectivity index (χ4n) is 4.42. The number of methoxy groups -OCH3 is 1. The Bertz CT molecular complexity index is 1430. The van der Waals surface area contributed by atoms with Crippen molar-refractivity contribution in [1.82, 2.24) is 10.2 Å². The molecule has 0 spiro atoms. The van der Waals surface area contributed by atoms with E-state index in [2.05, 4.69) is 5.32 Å². The van der Waals surface area contributed by atoms with Crippen LogP contribution in [0, 0.1) is 13.8 Å². The van der Waals surface area contributed by atoms with Gasteiger partial charge in [-0.1, -0.05) is 50.2 Å². The lowest BCUT2D eigenvalue weighted by Crippen LogP contribution is -2.53. The Morgan fingerprint density at radius 3 is 2.12 bits per heavy atom. The molecular formula is C32H41N3O5S. The third-order valence-electron chi connectivity index (χ3n) is 7.29. The summed E-state index contributed by atoms with van der Waals surface area (Å²) in [6.07, 6.45) is 1.10. The maximum absolute atomic E-state index is 14.2. The minimum atomic E-state index is -4.10. The molecule has 0 unspecified atom stereocenters. The minimum absolute atomic E-state index is 0.0695. The molecule has 0 aliphatic rings. The summed E-state index contributed by atoms with van der Waals surface area (Å²) in [5, 5.41) is 2.99. The molecule has 9 heteroatoms. The van der Waals surface area contributed by atoms with Crippen molar-refractivity contribution >= 4 is 27.5 Å². The number of carbonyl (C=O) groups excluding carboxylic acids is 2. The molecule has 2 amide bonds. The molecule has 3 rings (SSSR count). The van der Waals surface area contributed by atoms with Gasteiger partial charge in [0.15, 0.2) is 0 Å². The summed E-state index contributed by atoms with van der Waals surface area (Å²) >= 11 is 0. The lowest BCUT2D eigenvalue weighted by molar-refractivity contribution is -0.140. The van der Waals surface area contributed by atoms with Gasteiger partial charge in [0.2, 0.25) is 11.8 Å². The van der Waals surface area contributed by atoms with Crippen molar-refractivity contribution in [2.45, 2.75) is 71.0 Å². The van der Waals surface area contributed by atoms with E-state index in [9.17, 15) is 18.0 Å². The summed E-state index contributed by atoms with van der Waals surface area (Å²) in [5.41, 5.74) is 3.08. The quantitative estimate of drug-likeness (QED) is 0.299. The summed E-state index contributed by atoms with van der Waals surface area (Å²) in [6.45, 7) is 9.23. The smallest absolute Gasteiger partial charge is 0.264 e. The second-order valence-corrected chi connectivity index (χ2v) is 12.1. The van der Waals surface area contributed by atoms with Crippen LogP contribution < -0.4 is 14.4 Å². The van der Waals surface area contributed by atoms with Gasteiger partial charge >= 0.3 is 0 Å². The Hall–Kier alpha value is -3.85. The second-order valence-electron chi connectivity index (χ2n) is 10.2. The normalized spacial score (nSPS) is 12.7. The van der Waals surface area contributed by atoms with Crippen molar-refractivity contribution in [2.75, 3.05) is 18.0 Å². The van der Waals surface area contributed by atoms with E-state index in [1.54, 1.807) is 49.6 Å². The molecule has 3 aromatic carbocycles. The Balaban J connectivity index is 2.06. The van der Waals surface area contributed by atoms with Crippen LogP contribution in [0.4, 0.5) is 5.69 Å². The summed E-state index contributed by atoms with van der Waals surface area (Å²) in [4.78, 5) is 29.1. The number of rotatable bonds is 13. The number of hydrogen-bond donors (Lipinski definition) is 1. The molecule has 0 aliphatic carbocycles. The van der Waals surface area contributed by atoms with Crippen LogP contribution in [0.25, 0.3) is 0 Å². The summed E-state index contributed by atoms with van der Waals surface area (Å²) in [5.74, 6) is -0.0832. The van der Waals surface area contributed by atoms with Crippen LogP contribution in [0.5, 0.6) is 5.75 Å². The molecule has 0 aromatic heterocycles. The van der Waals surface area contributed by atoms with E-state index < -0.39 is 28.5 Å². The average Bonchev–Trinajstić information content (AvgIpc) is 2.97. The summed E-state index contributed by atoms with van der Waals surface area (Å²) < 4.78 is 34.3. The Labute approximate surface area is 244 Å². The number of sulfonamides is 1. The Kier molecular flexibility index (Phi) is 10.9.